The minimum atomic E-state index is -1.12. The molecule has 1 N–H and O–H groups in total. The van der Waals surface area contributed by atoms with Gasteiger partial charge in [0, 0.05) is 44.7 Å². The second kappa shape index (κ2) is 20.6. The summed E-state index contributed by atoms with van der Waals surface area (Å²) in [6, 6.07) is 28.7. The van der Waals surface area contributed by atoms with E-state index in [0.717, 1.165) is 27.8 Å². The van der Waals surface area contributed by atoms with E-state index in [1.807, 2.05) is 78.9 Å². The Morgan fingerprint density at radius 3 is 1.93 bits per heavy atom. The molecule has 1 aliphatic carbocycles. The van der Waals surface area contributed by atoms with Gasteiger partial charge in [0.05, 0.1) is 13.7 Å². The van der Waals surface area contributed by atoms with Crippen LogP contribution in [-0.2, 0) is 37.0 Å². The molecule has 14 nitrogen and oxygen atoms in total. The molecular weight excluding hydrogens is 781 g/mol. The van der Waals surface area contributed by atoms with Crippen LogP contribution < -0.4 is 14.8 Å². The van der Waals surface area contributed by atoms with Gasteiger partial charge >= 0.3 is 24.2 Å². The van der Waals surface area contributed by atoms with Crippen LogP contribution in [0.1, 0.15) is 62.8 Å². The summed E-state index contributed by atoms with van der Waals surface area (Å²) in [5, 5.41) is 2.76. The fourth-order valence-electron chi connectivity index (χ4n) is 6.72. The van der Waals surface area contributed by atoms with E-state index in [4.69, 9.17) is 23.7 Å². The van der Waals surface area contributed by atoms with Gasteiger partial charge < -0.3 is 43.7 Å². The van der Waals surface area contributed by atoms with Crippen LogP contribution >= 0.6 is 0 Å². The lowest BCUT2D eigenvalue weighted by molar-refractivity contribution is -0.151. The third-order valence-electron chi connectivity index (χ3n) is 10.0. The van der Waals surface area contributed by atoms with Crippen LogP contribution in [0.25, 0.3) is 11.1 Å². The Bertz CT molecular complexity index is 2120. The molecule has 61 heavy (non-hydrogen) atoms. The third kappa shape index (κ3) is 12.5. The third-order valence-corrected chi connectivity index (χ3v) is 10.0. The highest BCUT2D eigenvalue weighted by molar-refractivity contribution is 5.89. The first kappa shape index (κ1) is 45.5. The van der Waals surface area contributed by atoms with Crippen molar-refractivity contribution in [2.24, 2.45) is 5.92 Å². The predicted molar refractivity (Wildman–Crippen MR) is 229 cm³/mol. The van der Waals surface area contributed by atoms with E-state index in [9.17, 15) is 24.0 Å². The number of carbonyl (C=O) groups excluding carboxylic acids is 5. The van der Waals surface area contributed by atoms with Crippen LogP contribution in [-0.4, -0.2) is 104 Å². The number of alkyl carbamates (subject to hydrolysis) is 1. The zero-order valence-electron chi connectivity index (χ0n) is 36.1. The van der Waals surface area contributed by atoms with Gasteiger partial charge in [-0.1, -0.05) is 92.7 Å². The van der Waals surface area contributed by atoms with Gasteiger partial charge in [0.1, 0.15) is 42.9 Å². The molecule has 0 unspecified atom stereocenters. The van der Waals surface area contributed by atoms with Crippen LogP contribution in [0.2, 0.25) is 0 Å². The van der Waals surface area contributed by atoms with Crippen molar-refractivity contribution in [3.63, 3.8) is 0 Å². The largest absolute Gasteiger partial charge is 0.497 e. The average Bonchev–Trinajstić information content (AvgIpc) is 3.56. The lowest BCUT2D eigenvalue weighted by atomic mass is 9.98. The van der Waals surface area contributed by atoms with Crippen molar-refractivity contribution in [2.45, 2.75) is 65.3 Å². The van der Waals surface area contributed by atoms with Crippen molar-refractivity contribution >= 4 is 30.2 Å². The van der Waals surface area contributed by atoms with E-state index >= 15 is 0 Å². The van der Waals surface area contributed by atoms with Crippen molar-refractivity contribution in [3.8, 4) is 22.6 Å². The highest BCUT2D eigenvalue weighted by atomic mass is 16.6. The van der Waals surface area contributed by atoms with Crippen molar-refractivity contribution < 1.29 is 47.7 Å². The summed E-state index contributed by atoms with van der Waals surface area (Å²) >= 11 is 0. The SMILES string of the molecule is COc1ccc(CN(CC(=O)OCc2ccccc2)C(=O)[C@@H](NC(=O)OCC2c3ccccc3-c3ccccc32)C(C)C)c(OC(=O)N(C)CCN(C)C(=O)OC(C)(C)C)c1. The molecule has 324 valence electrons. The molecule has 14 heteroatoms. The van der Waals surface area contributed by atoms with Crippen LogP contribution in [0, 0.1) is 5.92 Å². The van der Waals surface area contributed by atoms with E-state index in [1.165, 1.54) is 34.9 Å². The quantitative estimate of drug-likeness (QED) is 0.0881. The fraction of sp³-hybridized carbons (Fsp3) is 0.383. The van der Waals surface area contributed by atoms with E-state index in [2.05, 4.69) is 5.32 Å². The number of esters is 1. The topological polar surface area (TPSA) is 153 Å². The maximum atomic E-state index is 14.5. The van der Waals surface area contributed by atoms with E-state index in [1.54, 1.807) is 53.8 Å². The van der Waals surface area contributed by atoms with Crippen molar-refractivity contribution in [2.75, 3.05) is 47.4 Å². The number of fused-ring (bicyclic) bond motifs is 3. The number of likely N-dealkylation sites (N-methyl/N-ethyl adjacent to an activating group) is 2. The van der Waals surface area contributed by atoms with E-state index in [-0.39, 0.29) is 44.5 Å². The van der Waals surface area contributed by atoms with Crippen LogP contribution in [0.5, 0.6) is 11.5 Å². The number of nitrogens with one attached hydrogen (secondary N) is 1. The number of hydrogen-bond donors (Lipinski definition) is 1. The number of ether oxygens (including phenoxy) is 5. The molecule has 0 fully saturated rings. The maximum absolute atomic E-state index is 14.5. The van der Waals surface area contributed by atoms with Crippen LogP contribution in [0.4, 0.5) is 14.4 Å². The Kier molecular flexibility index (Phi) is 15.4. The molecule has 0 radical (unpaired) electrons. The molecule has 1 aliphatic rings. The number of carbonyl (C=O) groups is 5. The summed E-state index contributed by atoms with van der Waals surface area (Å²) < 4.78 is 28.0. The van der Waals surface area contributed by atoms with Gasteiger partial charge in [-0.15, -0.1) is 0 Å². The Hall–Kier alpha value is -6.57. The van der Waals surface area contributed by atoms with Gasteiger partial charge in [0.2, 0.25) is 5.91 Å². The molecule has 4 aromatic rings. The van der Waals surface area contributed by atoms with Crippen molar-refractivity contribution in [1.29, 1.82) is 0 Å². The van der Waals surface area contributed by atoms with Gasteiger partial charge in [0.15, 0.2) is 0 Å². The summed E-state index contributed by atoms with van der Waals surface area (Å²) in [6.07, 6.45) is -2.08. The van der Waals surface area contributed by atoms with Gasteiger partial charge in [-0.2, -0.15) is 0 Å². The molecule has 4 amide bonds. The first-order valence-electron chi connectivity index (χ1n) is 20.2. The molecule has 0 aromatic heterocycles. The summed E-state index contributed by atoms with van der Waals surface area (Å²) in [6.45, 7) is 8.43. The summed E-state index contributed by atoms with van der Waals surface area (Å²) in [5.74, 6) is -1.47. The zero-order chi connectivity index (χ0) is 44.3. The Morgan fingerprint density at radius 2 is 1.34 bits per heavy atom. The second-order valence-electron chi connectivity index (χ2n) is 16.2. The zero-order valence-corrected chi connectivity index (χ0v) is 36.1. The smallest absolute Gasteiger partial charge is 0.415 e. The number of nitrogens with zero attached hydrogens (tertiary/aromatic N) is 3. The number of rotatable bonds is 16. The van der Waals surface area contributed by atoms with Gasteiger partial charge in [-0.3, -0.25) is 9.59 Å². The average molecular weight is 837 g/mol. The predicted octanol–water partition coefficient (Wildman–Crippen LogP) is 7.63. The molecule has 0 heterocycles. The van der Waals surface area contributed by atoms with Crippen LogP contribution in [0.15, 0.2) is 97.1 Å². The molecule has 4 aromatic carbocycles. The highest BCUT2D eigenvalue weighted by Crippen LogP contribution is 2.44. The van der Waals surface area contributed by atoms with Crippen LogP contribution in [0.3, 0.4) is 0 Å². The Balaban J connectivity index is 1.33. The first-order valence-corrected chi connectivity index (χ1v) is 20.2. The molecule has 5 rings (SSSR count). The monoisotopic (exact) mass is 836 g/mol. The normalized spacial score (nSPS) is 12.3. The van der Waals surface area contributed by atoms with Crippen molar-refractivity contribution in [3.05, 3.63) is 119 Å². The number of methoxy groups -OCH3 is 1. The molecule has 0 bridgehead atoms. The standard InChI is InChI=1S/C47H56N4O10/c1-31(2)42(48-44(54)59-30-39-37-20-14-12-18-35(37)36-19-13-15-21-38(36)39)43(53)51(28-41(52)58-29-32-16-10-9-11-17-32)27-33-22-23-34(57-8)26-40(33)60-45(55)49(6)24-25-50(7)46(56)61-47(3,4)5/h9-23,26,31,39,42H,24-25,27-30H2,1-8H3,(H,48,54)/t42-/m0/s1. The Morgan fingerprint density at radius 1 is 0.754 bits per heavy atom. The minimum absolute atomic E-state index is 0.0197. The van der Waals surface area contributed by atoms with E-state index < -0.39 is 54.3 Å². The molecule has 1 atom stereocenters. The summed E-state index contributed by atoms with van der Waals surface area (Å²) in [4.78, 5) is 71.3. The molecule has 0 spiro atoms. The molecule has 0 saturated carbocycles. The number of amides is 4. The number of hydrogen-bond acceptors (Lipinski definition) is 10. The molecular formula is C47H56N4O10. The summed E-state index contributed by atoms with van der Waals surface area (Å²) in [7, 11) is 4.54. The van der Waals surface area contributed by atoms with Gasteiger partial charge in [-0.25, -0.2) is 14.4 Å². The minimum Gasteiger partial charge on any atom is -0.497 e. The van der Waals surface area contributed by atoms with Crippen molar-refractivity contribution in [1.82, 2.24) is 20.0 Å². The Labute approximate surface area is 357 Å². The maximum Gasteiger partial charge on any atom is 0.415 e. The summed E-state index contributed by atoms with van der Waals surface area (Å²) in [5.41, 5.74) is 4.69. The van der Waals surface area contributed by atoms with Gasteiger partial charge in [0.25, 0.3) is 0 Å². The van der Waals surface area contributed by atoms with Gasteiger partial charge in [-0.05, 0) is 66.6 Å². The lowest BCUT2D eigenvalue weighted by Gasteiger charge is -2.30. The molecule has 0 saturated heterocycles. The first-order chi connectivity index (χ1) is 29.0. The lowest BCUT2D eigenvalue weighted by Crippen LogP contribution is -2.52. The number of benzene rings is 4. The molecule has 0 aliphatic heterocycles. The van der Waals surface area contributed by atoms with E-state index in [0.29, 0.717) is 11.3 Å². The second-order valence-corrected chi connectivity index (χ2v) is 16.2. The fourth-order valence-corrected chi connectivity index (χ4v) is 6.72. The highest BCUT2D eigenvalue weighted by Gasteiger charge is 2.34.